The third-order valence-corrected chi connectivity index (χ3v) is 15.0. The number of aromatic nitrogens is 4. The SMILES string of the molecule is CC(=O)N1CCc2c(c(N3CCCc4cc(-c5cnn(C)c5)c(C(F)F)cc43)nn2C2CCN(CC3CCN(CCCc4cccc5c4C(=O)N(C4CCC(=O)NC4=O)C5=O)CC3)CC2)C1. The predicted octanol–water partition coefficient (Wildman–Crippen LogP) is 5.59. The number of nitrogens with zero attached hydrogens (tertiary/aromatic N) is 9. The Morgan fingerprint density at radius 3 is 2.41 bits per heavy atom. The van der Waals surface area contributed by atoms with Gasteiger partial charge in [0, 0.05) is 93.8 Å². The van der Waals surface area contributed by atoms with Crippen LogP contribution in [0.25, 0.3) is 11.1 Å². The quantitative estimate of drug-likeness (QED) is 0.189. The van der Waals surface area contributed by atoms with E-state index in [4.69, 9.17) is 5.10 Å². The van der Waals surface area contributed by atoms with Crippen molar-refractivity contribution in [1.82, 2.24) is 44.5 Å². The summed E-state index contributed by atoms with van der Waals surface area (Å²) in [6, 6.07) is 8.16. The van der Waals surface area contributed by atoms with Crippen LogP contribution in [-0.2, 0) is 47.2 Å². The smallest absolute Gasteiger partial charge is 0.264 e. The van der Waals surface area contributed by atoms with E-state index >= 15 is 0 Å². The fourth-order valence-corrected chi connectivity index (χ4v) is 11.5. The van der Waals surface area contributed by atoms with Crippen molar-refractivity contribution >= 4 is 41.0 Å². The number of nitrogens with one attached hydrogen (secondary N) is 1. The average molecular weight is 905 g/mol. The van der Waals surface area contributed by atoms with Crippen molar-refractivity contribution in [3.8, 4) is 11.1 Å². The third-order valence-electron chi connectivity index (χ3n) is 15.0. The number of alkyl halides is 2. The topological polar surface area (TPSA) is 149 Å². The summed E-state index contributed by atoms with van der Waals surface area (Å²) in [5, 5.41) is 11.9. The van der Waals surface area contributed by atoms with Crippen LogP contribution in [0.1, 0.15) is 119 Å². The number of hydrogen-bond donors (Lipinski definition) is 1. The first-order valence-corrected chi connectivity index (χ1v) is 23.8. The molecule has 6 aliphatic rings. The summed E-state index contributed by atoms with van der Waals surface area (Å²) in [6.07, 6.45) is 8.98. The van der Waals surface area contributed by atoms with Gasteiger partial charge in [0.1, 0.15) is 6.04 Å². The van der Waals surface area contributed by atoms with Crippen LogP contribution in [0.4, 0.5) is 20.3 Å². The summed E-state index contributed by atoms with van der Waals surface area (Å²) in [5.74, 6) is -0.505. The van der Waals surface area contributed by atoms with Crippen LogP contribution in [0.2, 0.25) is 0 Å². The molecule has 66 heavy (non-hydrogen) atoms. The van der Waals surface area contributed by atoms with E-state index in [-0.39, 0.29) is 30.4 Å². The molecule has 2 aromatic heterocycles. The van der Waals surface area contributed by atoms with Gasteiger partial charge in [0.15, 0.2) is 5.82 Å². The van der Waals surface area contributed by atoms with Crippen LogP contribution in [0.15, 0.2) is 42.7 Å². The highest BCUT2D eigenvalue weighted by Crippen LogP contribution is 2.44. The van der Waals surface area contributed by atoms with Crippen LogP contribution in [-0.4, -0.2) is 127 Å². The summed E-state index contributed by atoms with van der Waals surface area (Å²) in [5.41, 5.74) is 6.67. The van der Waals surface area contributed by atoms with Crippen LogP contribution in [0.5, 0.6) is 0 Å². The normalized spacial score (nSPS) is 21.2. The maximum Gasteiger partial charge on any atom is 0.264 e. The fourth-order valence-electron chi connectivity index (χ4n) is 11.5. The zero-order chi connectivity index (χ0) is 45.8. The van der Waals surface area contributed by atoms with Crippen molar-refractivity contribution < 1.29 is 32.8 Å². The molecule has 0 radical (unpaired) electrons. The lowest BCUT2D eigenvalue weighted by molar-refractivity contribution is -0.136. The lowest BCUT2D eigenvalue weighted by Gasteiger charge is -2.38. The van der Waals surface area contributed by atoms with E-state index in [9.17, 15) is 32.8 Å². The number of rotatable bonds is 11. The number of amides is 5. The summed E-state index contributed by atoms with van der Waals surface area (Å²) in [6.45, 7) is 9.27. The number of carbonyl (C=O) groups excluding carboxylic acids is 5. The molecule has 2 aromatic carbocycles. The van der Waals surface area contributed by atoms with Crippen molar-refractivity contribution in [2.45, 2.75) is 103 Å². The van der Waals surface area contributed by atoms with E-state index in [1.54, 1.807) is 49.2 Å². The van der Waals surface area contributed by atoms with Gasteiger partial charge in [-0.3, -0.25) is 43.6 Å². The standard InChI is InChI=1S/C49H58F2N10O5/c1-30(62)58-23-16-40-39(29-58)46(59-18-5-8-33-24-37(34-26-52-55(2)28-34)38(45(50)51)25-42(33)59)54-61(40)35-14-21-57(22-15-35)27-31-12-19-56(20-13-31)17-4-7-32-6-3-9-36-44(32)49(66)60(48(36)65)41-10-11-43(63)53-47(41)64/h3,6,9,24-26,28,31,35,41,45H,4-5,7-8,10-23,27,29H2,1-2H3,(H,53,63,64). The first kappa shape index (κ1) is 44.0. The molecule has 1 unspecified atom stereocenters. The molecular formula is C49H58F2N10O5. The van der Waals surface area contributed by atoms with E-state index in [0.29, 0.717) is 60.6 Å². The number of anilines is 2. The Kier molecular flexibility index (Phi) is 12.1. The van der Waals surface area contributed by atoms with Crippen molar-refractivity contribution in [3.05, 3.63) is 81.8 Å². The number of benzene rings is 2. The lowest BCUT2D eigenvalue weighted by Crippen LogP contribution is -2.54. The van der Waals surface area contributed by atoms with Gasteiger partial charge in [0.2, 0.25) is 17.7 Å². The van der Waals surface area contributed by atoms with Gasteiger partial charge in [-0.2, -0.15) is 10.2 Å². The molecular weight excluding hydrogens is 847 g/mol. The maximum absolute atomic E-state index is 14.7. The number of piperidine rings is 3. The molecule has 17 heteroatoms. The molecule has 3 fully saturated rings. The minimum absolute atomic E-state index is 0.0163. The van der Waals surface area contributed by atoms with E-state index in [1.165, 1.54) is 0 Å². The molecule has 0 spiro atoms. The fraction of sp³-hybridized carbons (Fsp3) is 0.531. The second-order valence-corrected chi connectivity index (χ2v) is 19.1. The zero-order valence-electron chi connectivity index (χ0n) is 37.8. The van der Waals surface area contributed by atoms with Gasteiger partial charge >= 0.3 is 0 Å². The third kappa shape index (κ3) is 8.33. The summed E-state index contributed by atoms with van der Waals surface area (Å²) >= 11 is 0. The predicted molar refractivity (Wildman–Crippen MR) is 241 cm³/mol. The van der Waals surface area contributed by atoms with E-state index in [1.807, 2.05) is 17.0 Å². The number of imide groups is 2. The second-order valence-electron chi connectivity index (χ2n) is 19.1. The van der Waals surface area contributed by atoms with Crippen molar-refractivity contribution in [3.63, 3.8) is 0 Å². The van der Waals surface area contributed by atoms with Gasteiger partial charge in [-0.15, -0.1) is 0 Å². The summed E-state index contributed by atoms with van der Waals surface area (Å²) in [4.78, 5) is 73.9. The molecule has 4 aromatic rings. The average Bonchev–Trinajstić information content (AvgIpc) is 3.99. The molecule has 0 aliphatic carbocycles. The minimum Gasteiger partial charge on any atom is -0.338 e. The van der Waals surface area contributed by atoms with Crippen LogP contribution < -0.4 is 10.2 Å². The number of halogens is 2. The molecule has 1 atom stereocenters. The van der Waals surface area contributed by atoms with Crippen LogP contribution >= 0.6 is 0 Å². The Hall–Kier alpha value is -5.81. The van der Waals surface area contributed by atoms with Crippen molar-refractivity contribution in [1.29, 1.82) is 0 Å². The molecule has 10 rings (SSSR count). The van der Waals surface area contributed by atoms with Crippen molar-refractivity contribution in [2.75, 3.05) is 57.3 Å². The number of aryl methyl sites for hydroxylation is 3. The van der Waals surface area contributed by atoms with Gasteiger partial charge in [-0.05, 0) is 118 Å². The summed E-state index contributed by atoms with van der Waals surface area (Å²) in [7, 11) is 1.79. The molecule has 348 valence electrons. The molecule has 0 saturated carbocycles. The highest BCUT2D eigenvalue weighted by atomic mass is 19.3. The number of hydrogen-bond acceptors (Lipinski definition) is 10. The molecule has 3 saturated heterocycles. The van der Waals surface area contributed by atoms with Gasteiger partial charge in [-0.25, -0.2) is 8.78 Å². The number of likely N-dealkylation sites (tertiary alicyclic amines) is 2. The van der Waals surface area contributed by atoms with E-state index in [0.717, 1.165) is 123 Å². The monoisotopic (exact) mass is 904 g/mol. The molecule has 8 heterocycles. The van der Waals surface area contributed by atoms with Gasteiger partial charge < -0.3 is 19.6 Å². The second kappa shape index (κ2) is 18.1. The maximum atomic E-state index is 14.7. The van der Waals surface area contributed by atoms with Gasteiger partial charge in [-0.1, -0.05) is 12.1 Å². The summed E-state index contributed by atoms with van der Waals surface area (Å²) < 4.78 is 33.4. The largest absolute Gasteiger partial charge is 0.338 e. The molecule has 1 N–H and O–H groups in total. The highest BCUT2D eigenvalue weighted by Gasteiger charge is 2.45. The van der Waals surface area contributed by atoms with Gasteiger partial charge in [0.05, 0.1) is 29.9 Å². The first-order chi connectivity index (χ1) is 31.9. The molecule has 6 aliphatic heterocycles. The lowest BCUT2D eigenvalue weighted by atomic mass is 9.92. The van der Waals surface area contributed by atoms with Crippen LogP contribution in [0.3, 0.4) is 0 Å². The Labute approximate surface area is 383 Å². The molecule has 0 bridgehead atoms. The van der Waals surface area contributed by atoms with E-state index in [2.05, 4.69) is 29.8 Å². The zero-order valence-corrected chi connectivity index (χ0v) is 37.8. The van der Waals surface area contributed by atoms with Crippen molar-refractivity contribution in [2.24, 2.45) is 13.0 Å². The Balaban J connectivity index is 0.754. The molecule has 5 amide bonds. The Bertz CT molecular complexity index is 2570. The number of fused-ring (bicyclic) bond motifs is 3. The first-order valence-electron chi connectivity index (χ1n) is 23.8. The Morgan fingerprint density at radius 2 is 1.68 bits per heavy atom. The Morgan fingerprint density at radius 1 is 0.894 bits per heavy atom. The minimum atomic E-state index is -2.66. The van der Waals surface area contributed by atoms with E-state index < -0.39 is 36.1 Å². The van der Waals surface area contributed by atoms with Crippen LogP contribution in [0, 0.1) is 5.92 Å². The number of carbonyl (C=O) groups is 5. The van der Waals surface area contributed by atoms with Gasteiger partial charge in [0.25, 0.3) is 18.2 Å². The molecule has 15 nitrogen and oxygen atoms in total. The highest BCUT2D eigenvalue weighted by molar-refractivity contribution is 6.24.